The highest BCUT2D eigenvalue weighted by molar-refractivity contribution is 5.85. The fourth-order valence-electron chi connectivity index (χ4n) is 4.23. The van der Waals surface area contributed by atoms with E-state index < -0.39 is 0 Å². The molecule has 2 amide bonds. The number of nitrogens with one attached hydrogen (secondary N) is 2. The summed E-state index contributed by atoms with van der Waals surface area (Å²) in [7, 11) is 0. The maximum Gasteiger partial charge on any atom is 0.317 e. The summed E-state index contributed by atoms with van der Waals surface area (Å²) in [5.41, 5.74) is 9.24. The first kappa shape index (κ1) is 23.7. The Balaban J connectivity index is 0.00000289. The molecular formula is C24H32ClN5O2. The highest BCUT2D eigenvalue weighted by atomic mass is 35.5. The van der Waals surface area contributed by atoms with Gasteiger partial charge in [-0.15, -0.1) is 12.4 Å². The first-order valence-electron chi connectivity index (χ1n) is 11.0. The summed E-state index contributed by atoms with van der Waals surface area (Å²) >= 11 is 0. The molecule has 0 aliphatic carbocycles. The van der Waals surface area contributed by atoms with Crippen LogP contribution in [0.3, 0.4) is 0 Å². The van der Waals surface area contributed by atoms with Crippen molar-refractivity contribution in [1.29, 1.82) is 5.41 Å². The molecule has 2 aliphatic heterocycles. The predicted octanol–water partition coefficient (Wildman–Crippen LogP) is 3.36. The molecule has 0 unspecified atom stereocenters. The van der Waals surface area contributed by atoms with Crippen molar-refractivity contribution in [2.45, 2.75) is 32.4 Å². The van der Waals surface area contributed by atoms with Crippen molar-refractivity contribution in [1.82, 2.24) is 15.1 Å². The van der Waals surface area contributed by atoms with Gasteiger partial charge < -0.3 is 25.6 Å². The zero-order chi connectivity index (χ0) is 21.6. The van der Waals surface area contributed by atoms with E-state index in [0.29, 0.717) is 25.6 Å². The average Bonchev–Trinajstić information content (AvgIpc) is 2.81. The number of likely N-dealkylation sites (tertiary alicyclic amines) is 1. The van der Waals surface area contributed by atoms with Gasteiger partial charge in [0.1, 0.15) is 5.75 Å². The lowest BCUT2D eigenvalue weighted by molar-refractivity contribution is 0.145. The van der Waals surface area contributed by atoms with Gasteiger partial charge in [-0.2, -0.15) is 0 Å². The van der Waals surface area contributed by atoms with Crippen LogP contribution >= 0.6 is 12.4 Å². The molecule has 0 bridgehead atoms. The standard InChI is InChI=1S/C24H31N5O2.ClH/c25-23(26)29-13-10-20-6-7-22(14-21(20)16-29)31-17-19-8-11-28(12-9-19)24(30)27-15-18-4-2-1-3-5-18;/h1-7,14,19H,8-13,15-17H2,(H3,25,26)(H,27,30);1H. The number of urea groups is 1. The van der Waals surface area contributed by atoms with Gasteiger partial charge in [0.25, 0.3) is 0 Å². The molecule has 4 rings (SSSR count). The van der Waals surface area contributed by atoms with Crippen molar-refractivity contribution in [3.05, 3.63) is 65.2 Å². The largest absolute Gasteiger partial charge is 0.493 e. The maximum atomic E-state index is 12.4. The van der Waals surface area contributed by atoms with E-state index in [9.17, 15) is 4.79 Å². The summed E-state index contributed by atoms with van der Waals surface area (Å²) in [6.07, 6.45) is 2.80. The molecule has 2 heterocycles. The lowest BCUT2D eigenvalue weighted by Crippen LogP contribution is -2.44. The van der Waals surface area contributed by atoms with Crippen molar-refractivity contribution in [3.63, 3.8) is 0 Å². The fourth-order valence-corrected chi connectivity index (χ4v) is 4.23. The molecule has 0 saturated carbocycles. The van der Waals surface area contributed by atoms with Crippen molar-refractivity contribution in [2.24, 2.45) is 11.7 Å². The van der Waals surface area contributed by atoms with Crippen molar-refractivity contribution < 1.29 is 9.53 Å². The number of rotatable bonds is 5. The third-order valence-electron chi connectivity index (χ3n) is 6.20. The molecule has 2 aromatic carbocycles. The molecule has 2 aromatic rings. The van der Waals surface area contributed by atoms with E-state index in [1.807, 2.05) is 46.2 Å². The van der Waals surface area contributed by atoms with Gasteiger partial charge in [0.2, 0.25) is 0 Å². The van der Waals surface area contributed by atoms with E-state index >= 15 is 0 Å². The minimum atomic E-state index is 0. The molecule has 7 nitrogen and oxygen atoms in total. The van der Waals surface area contributed by atoms with Crippen molar-refractivity contribution in [3.8, 4) is 5.75 Å². The third-order valence-corrected chi connectivity index (χ3v) is 6.20. The Hall–Kier alpha value is -2.93. The Kier molecular flexibility index (Phi) is 8.22. The van der Waals surface area contributed by atoms with Crippen LogP contribution in [0.5, 0.6) is 5.75 Å². The van der Waals surface area contributed by atoms with Gasteiger partial charge in [-0.25, -0.2) is 4.79 Å². The number of carbonyl (C=O) groups is 1. The number of carbonyl (C=O) groups excluding carboxylic acids is 1. The molecule has 8 heteroatoms. The van der Waals surface area contributed by atoms with Gasteiger partial charge in [-0.05, 0) is 54.0 Å². The second-order valence-corrected chi connectivity index (χ2v) is 8.37. The van der Waals surface area contributed by atoms with E-state index in [0.717, 1.165) is 50.2 Å². The molecule has 0 spiro atoms. The molecule has 2 aliphatic rings. The zero-order valence-electron chi connectivity index (χ0n) is 18.3. The van der Waals surface area contributed by atoms with Crippen LogP contribution in [0.25, 0.3) is 0 Å². The van der Waals surface area contributed by atoms with E-state index in [4.69, 9.17) is 15.9 Å². The minimum absolute atomic E-state index is 0. The van der Waals surface area contributed by atoms with Crippen LogP contribution < -0.4 is 15.8 Å². The van der Waals surface area contributed by atoms with Crippen molar-refractivity contribution >= 4 is 24.4 Å². The SMILES string of the molecule is Cl.N=C(N)N1CCc2ccc(OCC3CCN(C(=O)NCc4ccccc4)CC3)cc2C1. The average molecular weight is 458 g/mol. The van der Waals surface area contributed by atoms with Crippen LogP contribution in [-0.4, -0.2) is 48.0 Å². The zero-order valence-corrected chi connectivity index (χ0v) is 19.1. The number of halogens is 1. The number of amides is 2. The number of fused-ring (bicyclic) bond motifs is 1. The van der Waals surface area contributed by atoms with Crippen LogP contribution in [0, 0.1) is 11.3 Å². The van der Waals surface area contributed by atoms with Crippen molar-refractivity contribution in [2.75, 3.05) is 26.2 Å². The monoisotopic (exact) mass is 457 g/mol. The molecule has 0 aromatic heterocycles. The van der Waals surface area contributed by atoms with Crippen LogP contribution in [-0.2, 0) is 19.5 Å². The highest BCUT2D eigenvalue weighted by Crippen LogP contribution is 2.25. The number of guanidine groups is 1. The summed E-state index contributed by atoms with van der Waals surface area (Å²) in [6.45, 7) is 4.19. The van der Waals surface area contributed by atoms with Crippen LogP contribution in [0.2, 0.25) is 0 Å². The molecule has 1 fully saturated rings. The predicted molar refractivity (Wildman–Crippen MR) is 128 cm³/mol. The Morgan fingerprint density at radius 3 is 2.53 bits per heavy atom. The Morgan fingerprint density at radius 2 is 1.81 bits per heavy atom. The second-order valence-electron chi connectivity index (χ2n) is 8.37. The first-order valence-corrected chi connectivity index (χ1v) is 11.0. The fraction of sp³-hybridized carbons (Fsp3) is 0.417. The van der Waals surface area contributed by atoms with Crippen LogP contribution in [0.1, 0.15) is 29.5 Å². The van der Waals surface area contributed by atoms with Crippen LogP contribution in [0.15, 0.2) is 48.5 Å². The second kappa shape index (κ2) is 11.1. The summed E-state index contributed by atoms with van der Waals surface area (Å²) in [4.78, 5) is 16.2. The van der Waals surface area contributed by atoms with Gasteiger partial charge in [-0.3, -0.25) is 5.41 Å². The third kappa shape index (κ3) is 6.07. The highest BCUT2D eigenvalue weighted by Gasteiger charge is 2.23. The molecular weight excluding hydrogens is 426 g/mol. The molecule has 172 valence electrons. The van der Waals surface area contributed by atoms with E-state index in [2.05, 4.69) is 17.4 Å². The smallest absolute Gasteiger partial charge is 0.317 e. The van der Waals surface area contributed by atoms with E-state index in [-0.39, 0.29) is 24.4 Å². The molecule has 4 N–H and O–H groups in total. The summed E-state index contributed by atoms with van der Waals surface area (Å²) in [5.74, 6) is 1.44. The molecule has 1 saturated heterocycles. The number of nitrogens with zero attached hydrogens (tertiary/aromatic N) is 2. The molecule has 32 heavy (non-hydrogen) atoms. The lowest BCUT2D eigenvalue weighted by Gasteiger charge is -2.32. The summed E-state index contributed by atoms with van der Waals surface area (Å²) in [6, 6.07) is 16.2. The Labute approximate surface area is 195 Å². The molecule has 0 atom stereocenters. The number of ether oxygens (including phenoxy) is 1. The summed E-state index contributed by atoms with van der Waals surface area (Å²) in [5, 5.41) is 10.7. The van der Waals surface area contributed by atoms with Gasteiger partial charge in [-0.1, -0.05) is 36.4 Å². The molecule has 0 radical (unpaired) electrons. The number of hydrogen-bond donors (Lipinski definition) is 3. The normalized spacial score (nSPS) is 16.0. The number of piperidine rings is 1. The number of nitrogens with two attached hydrogens (primary N) is 1. The van der Waals surface area contributed by atoms with Gasteiger partial charge in [0.15, 0.2) is 5.96 Å². The van der Waals surface area contributed by atoms with Gasteiger partial charge in [0.05, 0.1) is 6.61 Å². The van der Waals surface area contributed by atoms with E-state index in [1.54, 1.807) is 0 Å². The van der Waals surface area contributed by atoms with Gasteiger partial charge >= 0.3 is 6.03 Å². The lowest BCUT2D eigenvalue weighted by atomic mass is 9.97. The topological polar surface area (TPSA) is 94.7 Å². The Bertz CT molecular complexity index is 916. The Morgan fingerprint density at radius 1 is 1.06 bits per heavy atom. The van der Waals surface area contributed by atoms with Gasteiger partial charge in [0, 0.05) is 32.7 Å². The summed E-state index contributed by atoms with van der Waals surface area (Å²) < 4.78 is 6.09. The maximum absolute atomic E-state index is 12.4. The first-order chi connectivity index (χ1) is 15.1. The quantitative estimate of drug-likeness (QED) is 0.474. The van der Waals surface area contributed by atoms with Crippen LogP contribution in [0.4, 0.5) is 4.79 Å². The number of benzene rings is 2. The number of hydrogen-bond acceptors (Lipinski definition) is 3. The minimum Gasteiger partial charge on any atom is -0.493 e. The van der Waals surface area contributed by atoms with E-state index in [1.165, 1.54) is 11.1 Å².